The summed E-state index contributed by atoms with van der Waals surface area (Å²) in [5.41, 5.74) is 1.32. The highest BCUT2D eigenvalue weighted by atomic mass is 15.2. The first-order chi connectivity index (χ1) is 6.34. The third-order valence-corrected chi connectivity index (χ3v) is 2.08. The lowest BCUT2D eigenvalue weighted by Crippen LogP contribution is -1.93. The number of allylic oxidation sites excluding steroid dienone is 4. The van der Waals surface area contributed by atoms with Crippen LogP contribution in [0.25, 0.3) is 0 Å². The number of hydrogen-bond acceptors (Lipinski definition) is 2. The zero-order valence-electron chi connectivity index (χ0n) is 7.75. The van der Waals surface area contributed by atoms with Gasteiger partial charge in [-0.2, -0.15) is 5.10 Å². The molecular weight excluding hydrogens is 162 g/mol. The Morgan fingerprint density at radius 1 is 1.46 bits per heavy atom. The summed E-state index contributed by atoms with van der Waals surface area (Å²) >= 11 is 0. The number of H-pyrrole nitrogens is 1. The number of nitrogens with one attached hydrogen (secondary N) is 1. The Bertz CT molecular complexity index is 347. The van der Waals surface area contributed by atoms with E-state index in [0.29, 0.717) is 0 Å². The monoisotopic (exact) mass is 175 g/mol. The number of nitrogens with zero attached hydrogens (tertiary/aromatic N) is 2. The molecular formula is C10H13N3. The van der Waals surface area contributed by atoms with Crippen LogP contribution in [0.15, 0.2) is 23.8 Å². The molecule has 0 amide bonds. The average molecular weight is 175 g/mol. The molecule has 1 aromatic rings. The molecule has 1 aromatic heterocycles. The highest BCUT2D eigenvalue weighted by Gasteiger charge is 2.03. The van der Waals surface area contributed by atoms with Crippen molar-refractivity contribution in [1.82, 2.24) is 15.2 Å². The van der Waals surface area contributed by atoms with Crippen LogP contribution in [0.1, 0.15) is 24.5 Å². The number of aromatic amines is 1. The normalized spacial score (nSPS) is 15.9. The number of rotatable bonds is 2. The van der Waals surface area contributed by atoms with E-state index in [-0.39, 0.29) is 0 Å². The van der Waals surface area contributed by atoms with E-state index in [1.165, 1.54) is 5.57 Å². The zero-order chi connectivity index (χ0) is 9.10. The Balaban J connectivity index is 2.05. The molecule has 0 atom stereocenters. The molecule has 2 rings (SSSR count). The lowest BCUT2D eigenvalue weighted by atomic mass is 10.0. The van der Waals surface area contributed by atoms with Crippen molar-refractivity contribution in [3.05, 3.63) is 35.4 Å². The molecule has 3 nitrogen and oxygen atoms in total. The number of hydrogen-bond donors (Lipinski definition) is 1. The van der Waals surface area contributed by atoms with Gasteiger partial charge in [-0.1, -0.05) is 18.2 Å². The first-order valence-electron chi connectivity index (χ1n) is 4.58. The van der Waals surface area contributed by atoms with Gasteiger partial charge >= 0.3 is 0 Å². The molecule has 0 fully saturated rings. The van der Waals surface area contributed by atoms with Crippen LogP contribution in [0.4, 0.5) is 0 Å². The van der Waals surface area contributed by atoms with E-state index in [9.17, 15) is 0 Å². The summed E-state index contributed by atoms with van der Waals surface area (Å²) in [5, 5.41) is 6.94. The van der Waals surface area contributed by atoms with Crippen molar-refractivity contribution in [3.8, 4) is 0 Å². The molecule has 1 N–H and O–H groups in total. The van der Waals surface area contributed by atoms with Gasteiger partial charge in [0.1, 0.15) is 5.82 Å². The molecule has 0 spiro atoms. The average Bonchev–Trinajstić information content (AvgIpc) is 2.53. The van der Waals surface area contributed by atoms with Gasteiger partial charge in [0.25, 0.3) is 0 Å². The van der Waals surface area contributed by atoms with Gasteiger partial charge < -0.3 is 0 Å². The molecule has 1 heterocycles. The SMILES string of the molecule is Cc1nc(CC2=CCCC=C2)n[nH]1. The topological polar surface area (TPSA) is 41.6 Å². The van der Waals surface area contributed by atoms with Crippen LogP contribution >= 0.6 is 0 Å². The fraction of sp³-hybridized carbons (Fsp3) is 0.400. The minimum atomic E-state index is 0.848. The summed E-state index contributed by atoms with van der Waals surface area (Å²) in [6.45, 7) is 1.92. The summed E-state index contributed by atoms with van der Waals surface area (Å²) < 4.78 is 0. The van der Waals surface area contributed by atoms with Gasteiger partial charge in [-0.25, -0.2) is 4.98 Å². The van der Waals surface area contributed by atoms with Crippen molar-refractivity contribution < 1.29 is 0 Å². The Kier molecular flexibility index (Phi) is 2.25. The zero-order valence-corrected chi connectivity index (χ0v) is 7.75. The molecule has 13 heavy (non-hydrogen) atoms. The second-order valence-electron chi connectivity index (χ2n) is 3.27. The molecule has 0 saturated carbocycles. The molecule has 0 radical (unpaired) electrons. The highest BCUT2D eigenvalue weighted by Crippen LogP contribution is 2.12. The maximum absolute atomic E-state index is 4.26. The van der Waals surface area contributed by atoms with Crippen molar-refractivity contribution >= 4 is 0 Å². The van der Waals surface area contributed by atoms with Crippen LogP contribution in [-0.4, -0.2) is 15.2 Å². The molecule has 0 unspecified atom stereocenters. The molecule has 3 heteroatoms. The van der Waals surface area contributed by atoms with Crippen LogP contribution in [0, 0.1) is 6.92 Å². The molecule has 0 aromatic carbocycles. The van der Waals surface area contributed by atoms with E-state index < -0.39 is 0 Å². The van der Waals surface area contributed by atoms with Gasteiger partial charge in [0.2, 0.25) is 0 Å². The number of aryl methyl sites for hydroxylation is 1. The summed E-state index contributed by atoms with van der Waals surface area (Å²) in [4.78, 5) is 4.26. The third kappa shape index (κ3) is 2.05. The van der Waals surface area contributed by atoms with Crippen LogP contribution in [-0.2, 0) is 6.42 Å². The van der Waals surface area contributed by atoms with E-state index >= 15 is 0 Å². The van der Waals surface area contributed by atoms with Crippen molar-refractivity contribution in [2.75, 3.05) is 0 Å². The largest absolute Gasteiger partial charge is 0.263 e. The maximum atomic E-state index is 4.26. The third-order valence-electron chi connectivity index (χ3n) is 2.08. The molecule has 1 aliphatic carbocycles. The summed E-state index contributed by atoms with van der Waals surface area (Å²) in [5.74, 6) is 1.77. The second kappa shape index (κ2) is 3.56. The van der Waals surface area contributed by atoms with Gasteiger partial charge in [0.15, 0.2) is 5.82 Å². The lowest BCUT2D eigenvalue weighted by Gasteiger charge is -2.03. The van der Waals surface area contributed by atoms with Gasteiger partial charge in [0.05, 0.1) is 0 Å². The van der Waals surface area contributed by atoms with Crippen molar-refractivity contribution in [2.45, 2.75) is 26.2 Å². The summed E-state index contributed by atoms with van der Waals surface area (Å²) in [7, 11) is 0. The fourth-order valence-corrected chi connectivity index (χ4v) is 1.45. The van der Waals surface area contributed by atoms with Gasteiger partial charge in [-0.15, -0.1) is 0 Å². The lowest BCUT2D eigenvalue weighted by molar-refractivity contribution is 0.938. The standard InChI is InChI=1S/C10H13N3/c1-8-11-10(13-12-8)7-9-5-3-2-4-6-9/h3,5-6H,2,4,7H2,1H3,(H,11,12,13). The van der Waals surface area contributed by atoms with E-state index in [2.05, 4.69) is 33.4 Å². The van der Waals surface area contributed by atoms with Crippen molar-refractivity contribution in [3.63, 3.8) is 0 Å². The van der Waals surface area contributed by atoms with Crippen LogP contribution in [0.2, 0.25) is 0 Å². The quantitative estimate of drug-likeness (QED) is 0.746. The van der Waals surface area contributed by atoms with Crippen molar-refractivity contribution in [2.24, 2.45) is 0 Å². The van der Waals surface area contributed by atoms with Gasteiger partial charge in [0, 0.05) is 6.42 Å². The van der Waals surface area contributed by atoms with E-state index in [4.69, 9.17) is 0 Å². The van der Waals surface area contributed by atoms with Crippen LogP contribution < -0.4 is 0 Å². The van der Waals surface area contributed by atoms with Gasteiger partial charge in [-0.05, 0) is 25.3 Å². The van der Waals surface area contributed by atoms with Gasteiger partial charge in [-0.3, -0.25) is 5.10 Å². The van der Waals surface area contributed by atoms with Crippen LogP contribution in [0.3, 0.4) is 0 Å². The summed E-state index contributed by atoms with van der Waals surface area (Å²) in [6, 6.07) is 0. The molecule has 0 aliphatic heterocycles. The first kappa shape index (κ1) is 8.23. The predicted octanol–water partition coefficient (Wildman–Crippen LogP) is 1.93. The Labute approximate surface area is 77.6 Å². The predicted molar refractivity (Wildman–Crippen MR) is 51.3 cm³/mol. The first-order valence-corrected chi connectivity index (χ1v) is 4.58. The van der Waals surface area contributed by atoms with E-state index in [0.717, 1.165) is 30.9 Å². The highest BCUT2D eigenvalue weighted by molar-refractivity contribution is 5.25. The minimum absolute atomic E-state index is 0.848. The minimum Gasteiger partial charge on any atom is -0.263 e. The van der Waals surface area contributed by atoms with E-state index in [1.807, 2.05) is 6.92 Å². The fourth-order valence-electron chi connectivity index (χ4n) is 1.45. The summed E-state index contributed by atoms with van der Waals surface area (Å²) in [6.07, 6.45) is 9.78. The Morgan fingerprint density at radius 2 is 2.38 bits per heavy atom. The van der Waals surface area contributed by atoms with Crippen LogP contribution in [0.5, 0.6) is 0 Å². The smallest absolute Gasteiger partial charge is 0.155 e. The maximum Gasteiger partial charge on any atom is 0.155 e. The Morgan fingerprint density at radius 3 is 3.00 bits per heavy atom. The Hall–Kier alpha value is -1.38. The van der Waals surface area contributed by atoms with Crippen molar-refractivity contribution in [1.29, 1.82) is 0 Å². The molecule has 68 valence electrons. The molecule has 0 bridgehead atoms. The second-order valence-corrected chi connectivity index (χ2v) is 3.27. The molecule has 0 saturated heterocycles. The molecule has 1 aliphatic rings. The van der Waals surface area contributed by atoms with E-state index in [1.54, 1.807) is 0 Å². The number of aromatic nitrogens is 3.